The number of carbonyl (C=O) groups is 2. The Balaban J connectivity index is 1.72. The van der Waals surface area contributed by atoms with Crippen molar-refractivity contribution in [3.05, 3.63) is 59.7 Å². The van der Waals surface area contributed by atoms with Gasteiger partial charge in [0.2, 0.25) is 5.91 Å². The minimum atomic E-state index is -0.361. The number of amides is 2. The van der Waals surface area contributed by atoms with Crippen LogP contribution in [-0.4, -0.2) is 29.8 Å². The van der Waals surface area contributed by atoms with Crippen LogP contribution in [0.5, 0.6) is 11.5 Å². The standard InChI is InChI=1S/C20H19N3O3/c21-12-14-6-8-17(9-7-14)26-18-5-1-3-15(11-18)20(25)23-10-2-4-16(13-23)19(22)24/h1,3,5-9,11,16H,2,4,10,13H2,(H2,22,24). The monoisotopic (exact) mass is 349 g/mol. The van der Waals surface area contributed by atoms with Gasteiger partial charge in [-0.15, -0.1) is 0 Å². The normalized spacial score (nSPS) is 16.6. The van der Waals surface area contributed by atoms with Crippen LogP contribution in [0.1, 0.15) is 28.8 Å². The Morgan fingerprint density at radius 2 is 1.92 bits per heavy atom. The summed E-state index contributed by atoms with van der Waals surface area (Å²) >= 11 is 0. The summed E-state index contributed by atoms with van der Waals surface area (Å²) in [6.07, 6.45) is 1.49. The van der Waals surface area contributed by atoms with E-state index in [9.17, 15) is 9.59 Å². The number of likely N-dealkylation sites (tertiary alicyclic amines) is 1. The topological polar surface area (TPSA) is 96.4 Å². The number of nitrogens with two attached hydrogens (primary N) is 1. The Labute approximate surface area is 151 Å². The molecule has 1 aliphatic heterocycles. The van der Waals surface area contributed by atoms with Gasteiger partial charge in [0, 0.05) is 18.7 Å². The third-order valence-corrected chi connectivity index (χ3v) is 4.41. The highest BCUT2D eigenvalue weighted by Gasteiger charge is 2.27. The average Bonchev–Trinajstić information content (AvgIpc) is 2.68. The van der Waals surface area contributed by atoms with Crippen LogP contribution in [-0.2, 0) is 4.79 Å². The van der Waals surface area contributed by atoms with Crippen molar-refractivity contribution in [3.63, 3.8) is 0 Å². The summed E-state index contributed by atoms with van der Waals surface area (Å²) in [5.74, 6) is 0.330. The molecular formula is C20H19N3O3. The third kappa shape index (κ3) is 4.01. The van der Waals surface area contributed by atoms with E-state index in [0.717, 1.165) is 12.8 Å². The predicted octanol–water partition coefficient (Wildman–Crippen LogP) is 2.69. The molecule has 1 atom stereocenters. The molecule has 1 fully saturated rings. The fourth-order valence-electron chi connectivity index (χ4n) is 3.00. The Hall–Kier alpha value is -3.33. The first kappa shape index (κ1) is 17.5. The van der Waals surface area contributed by atoms with Gasteiger partial charge in [0.05, 0.1) is 17.6 Å². The Morgan fingerprint density at radius 3 is 2.62 bits per heavy atom. The van der Waals surface area contributed by atoms with Crippen molar-refractivity contribution in [1.29, 1.82) is 5.26 Å². The maximum atomic E-state index is 12.7. The van der Waals surface area contributed by atoms with E-state index in [2.05, 4.69) is 6.07 Å². The van der Waals surface area contributed by atoms with Crippen LogP contribution < -0.4 is 10.5 Å². The maximum Gasteiger partial charge on any atom is 0.254 e. The number of primary amides is 1. The minimum absolute atomic E-state index is 0.138. The van der Waals surface area contributed by atoms with Crippen molar-refractivity contribution in [2.45, 2.75) is 12.8 Å². The van der Waals surface area contributed by atoms with Crippen LogP contribution in [0.15, 0.2) is 48.5 Å². The van der Waals surface area contributed by atoms with Crippen LogP contribution in [0, 0.1) is 17.2 Å². The van der Waals surface area contributed by atoms with Gasteiger partial charge in [0.25, 0.3) is 5.91 Å². The van der Waals surface area contributed by atoms with Crippen molar-refractivity contribution in [1.82, 2.24) is 4.90 Å². The number of nitrogens with zero attached hydrogens (tertiary/aromatic N) is 2. The highest BCUT2D eigenvalue weighted by molar-refractivity contribution is 5.95. The SMILES string of the molecule is N#Cc1ccc(Oc2cccc(C(=O)N3CCCC(C(N)=O)C3)c2)cc1. The predicted molar refractivity (Wildman–Crippen MR) is 95.5 cm³/mol. The molecule has 3 rings (SSSR count). The summed E-state index contributed by atoms with van der Waals surface area (Å²) in [5.41, 5.74) is 6.43. The zero-order valence-electron chi connectivity index (χ0n) is 14.2. The van der Waals surface area contributed by atoms with Crippen LogP contribution in [0.3, 0.4) is 0 Å². The molecule has 2 aromatic carbocycles. The van der Waals surface area contributed by atoms with E-state index < -0.39 is 0 Å². The first-order chi connectivity index (χ1) is 12.6. The van der Waals surface area contributed by atoms with Gasteiger partial charge in [-0.2, -0.15) is 5.26 Å². The molecule has 132 valence electrons. The summed E-state index contributed by atoms with van der Waals surface area (Å²) in [4.78, 5) is 25.8. The fraction of sp³-hybridized carbons (Fsp3) is 0.250. The number of carbonyl (C=O) groups excluding carboxylic acids is 2. The molecule has 6 nitrogen and oxygen atoms in total. The van der Waals surface area contributed by atoms with Gasteiger partial charge in [-0.05, 0) is 55.3 Å². The molecule has 0 aromatic heterocycles. The Bertz CT molecular complexity index is 855. The van der Waals surface area contributed by atoms with Gasteiger partial charge in [0.15, 0.2) is 0 Å². The number of hydrogen-bond donors (Lipinski definition) is 1. The number of rotatable bonds is 4. The smallest absolute Gasteiger partial charge is 0.254 e. The molecule has 6 heteroatoms. The number of hydrogen-bond acceptors (Lipinski definition) is 4. The lowest BCUT2D eigenvalue weighted by molar-refractivity contribution is -0.123. The lowest BCUT2D eigenvalue weighted by Crippen LogP contribution is -2.44. The van der Waals surface area contributed by atoms with Gasteiger partial charge < -0.3 is 15.4 Å². The molecule has 0 saturated carbocycles. The number of ether oxygens (including phenoxy) is 1. The van der Waals surface area contributed by atoms with Gasteiger partial charge in [-0.25, -0.2) is 0 Å². The van der Waals surface area contributed by atoms with Crippen LogP contribution >= 0.6 is 0 Å². The quantitative estimate of drug-likeness (QED) is 0.918. The average molecular weight is 349 g/mol. The summed E-state index contributed by atoms with van der Waals surface area (Å²) in [6.45, 7) is 0.970. The first-order valence-electron chi connectivity index (χ1n) is 8.43. The summed E-state index contributed by atoms with van der Waals surface area (Å²) in [5, 5.41) is 8.83. The van der Waals surface area contributed by atoms with E-state index in [1.807, 2.05) is 0 Å². The molecule has 1 saturated heterocycles. The largest absolute Gasteiger partial charge is 0.457 e. The van der Waals surface area contributed by atoms with E-state index >= 15 is 0 Å². The highest BCUT2D eigenvalue weighted by atomic mass is 16.5. The third-order valence-electron chi connectivity index (χ3n) is 4.41. The molecule has 0 bridgehead atoms. The van der Waals surface area contributed by atoms with Crippen molar-refractivity contribution < 1.29 is 14.3 Å². The van der Waals surface area contributed by atoms with E-state index in [4.69, 9.17) is 15.7 Å². The zero-order valence-corrected chi connectivity index (χ0v) is 14.2. The molecule has 2 aromatic rings. The number of nitriles is 1. The molecule has 0 spiro atoms. The van der Waals surface area contributed by atoms with Gasteiger partial charge in [0.1, 0.15) is 11.5 Å². The first-order valence-corrected chi connectivity index (χ1v) is 8.43. The van der Waals surface area contributed by atoms with Crippen molar-refractivity contribution in [3.8, 4) is 17.6 Å². The molecule has 26 heavy (non-hydrogen) atoms. The summed E-state index contributed by atoms with van der Waals surface area (Å²) < 4.78 is 5.76. The second-order valence-corrected chi connectivity index (χ2v) is 6.26. The van der Waals surface area contributed by atoms with Gasteiger partial charge in [-0.1, -0.05) is 6.07 Å². The Kier molecular flexibility index (Phi) is 5.18. The second kappa shape index (κ2) is 7.70. The summed E-state index contributed by atoms with van der Waals surface area (Å²) in [6, 6.07) is 15.7. The fourth-order valence-corrected chi connectivity index (χ4v) is 3.00. The van der Waals surface area contributed by atoms with E-state index in [1.54, 1.807) is 53.4 Å². The lowest BCUT2D eigenvalue weighted by Gasteiger charge is -2.31. The van der Waals surface area contributed by atoms with Crippen LogP contribution in [0.25, 0.3) is 0 Å². The van der Waals surface area contributed by atoms with E-state index in [-0.39, 0.29) is 17.7 Å². The van der Waals surface area contributed by atoms with Crippen molar-refractivity contribution in [2.75, 3.05) is 13.1 Å². The second-order valence-electron chi connectivity index (χ2n) is 6.26. The van der Waals surface area contributed by atoms with Crippen LogP contribution in [0.2, 0.25) is 0 Å². The van der Waals surface area contributed by atoms with E-state index in [1.165, 1.54) is 0 Å². The highest BCUT2D eigenvalue weighted by Crippen LogP contribution is 2.24. The molecule has 1 unspecified atom stereocenters. The molecule has 2 N–H and O–H groups in total. The zero-order chi connectivity index (χ0) is 18.5. The van der Waals surface area contributed by atoms with Gasteiger partial charge in [-0.3, -0.25) is 9.59 Å². The maximum absolute atomic E-state index is 12.7. The molecular weight excluding hydrogens is 330 g/mol. The molecule has 2 amide bonds. The lowest BCUT2D eigenvalue weighted by atomic mass is 9.97. The molecule has 0 aliphatic carbocycles. The summed E-state index contributed by atoms with van der Waals surface area (Å²) in [7, 11) is 0. The number of benzene rings is 2. The molecule has 1 aliphatic rings. The van der Waals surface area contributed by atoms with Crippen molar-refractivity contribution in [2.24, 2.45) is 11.7 Å². The van der Waals surface area contributed by atoms with Gasteiger partial charge >= 0.3 is 0 Å². The van der Waals surface area contributed by atoms with Crippen LogP contribution in [0.4, 0.5) is 0 Å². The molecule has 1 heterocycles. The minimum Gasteiger partial charge on any atom is -0.457 e. The number of piperidine rings is 1. The Morgan fingerprint density at radius 1 is 1.15 bits per heavy atom. The van der Waals surface area contributed by atoms with Crippen molar-refractivity contribution >= 4 is 11.8 Å². The molecule has 0 radical (unpaired) electrons. The van der Waals surface area contributed by atoms with E-state index in [0.29, 0.717) is 35.7 Å².